The number of benzene rings is 1. The molecule has 0 saturated carbocycles. The lowest BCUT2D eigenvalue weighted by atomic mass is 10.1. The molecule has 3 heterocycles. The van der Waals surface area contributed by atoms with Crippen LogP contribution in [0.25, 0.3) is 0 Å². The molecule has 1 aliphatic rings. The summed E-state index contributed by atoms with van der Waals surface area (Å²) >= 11 is 0. The van der Waals surface area contributed by atoms with Crippen LogP contribution in [0.1, 0.15) is 12.1 Å². The fourth-order valence-corrected chi connectivity index (χ4v) is 4.28. The number of aromatic nitrogens is 3. The van der Waals surface area contributed by atoms with Gasteiger partial charge in [0.15, 0.2) is 5.82 Å². The third-order valence-corrected chi connectivity index (χ3v) is 6.23. The second kappa shape index (κ2) is 8.19. The van der Waals surface area contributed by atoms with Crippen LogP contribution in [0.3, 0.4) is 0 Å². The van der Waals surface area contributed by atoms with E-state index in [1.807, 2.05) is 18.2 Å². The van der Waals surface area contributed by atoms with Crippen molar-refractivity contribution in [3.8, 4) is 0 Å². The fraction of sp³-hybridized carbons (Fsp3) is 0.200. The van der Waals surface area contributed by atoms with E-state index in [0.717, 1.165) is 5.69 Å². The number of sulfonamides is 1. The van der Waals surface area contributed by atoms with E-state index in [1.54, 1.807) is 23.1 Å². The number of carbonyl (C=O) groups excluding carboxylic acids is 1. The molecule has 1 unspecified atom stereocenters. The molecule has 1 aromatic carbocycles. The molecule has 11 heteroatoms. The summed E-state index contributed by atoms with van der Waals surface area (Å²) in [5, 5.41) is 13.3. The standard InChI is InChI=1S/C20H19N5O5S/c26-19-11-14(20(27)28)12-25(19)16-4-6-17(7-5-16)31(29,30)23-18-8-10-24(22-18)13-15-3-1-2-9-21-15/h1-10,14H,11-13H2,(H,22,23)(H,27,28). The molecule has 0 spiro atoms. The summed E-state index contributed by atoms with van der Waals surface area (Å²) in [7, 11) is -3.89. The Kier molecular flexibility index (Phi) is 5.42. The number of aliphatic carboxylic acids is 1. The highest BCUT2D eigenvalue weighted by Gasteiger charge is 2.35. The SMILES string of the molecule is O=C(O)C1CC(=O)N(c2ccc(S(=O)(=O)Nc3ccn(Cc4ccccn4)n3)cc2)C1. The summed E-state index contributed by atoms with van der Waals surface area (Å²) in [5.74, 6) is -1.93. The first kappa shape index (κ1) is 20.5. The number of amides is 1. The van der Waals surface area contributed by atoms with E-state index in [0.29, 0.717) is 12.2 Å². The Labute approximate surface area is 178 Å². The molecular weight excluding hydrogens is 422 g/mol. The summed E-state index contributed by atoms with van der Waals surface area (Å²) in [6, 6.07) is 12.7. The van der Waals surface area contributed by atoms with Crippen molar-refractivity contribution in [2.24, 2.45) is 5.92 Å². The molecule has 0 radical (unpaired) electrons. The van der Waals surface area contributed by atoms with Crippen molar-refractivity contribution in [1.82, 2.24) is 14.8 Å². The van der Waals surface area contributed by atoms with Crippen molar-refractivity contribution in [2.45, 2.75) is 17.9 Å². The van der Waals surface area contributed by atoms with E-state index in [9.17, 15) is 18.0 Å². The van der Waals surface area contributed by atoms with E-state index < -0.39 is 21.9 Å². The van der Waals surface area contributed by atoms with Crippen LogP contribution in [0.4, 0.5) is 11.5 Å². The Bertz CT molecular complexity index is 1210. The Morgan fingerprint density at radius 3 is 2.58 bits per heavy atom. The highest BCUT2D eigenvalue weighted by atomic mass is 32.2. The Hall–Kier alpha value is -3.73. The van der Waals surface area contributed by atoms with Gasteiger partial charge in [-0.2, -0.15) is 5.10 Å². The number of hydrogen-bond acceptors (Lipinski definition) is 6. The summed E-state index contributed by atoms with van der Waals surface area (Å²) in [6.07, 6.45) is 3.25. The van der Waals surface area contributed by atoms with Gasteiger partial charge in [-0.05, 0) is 36.4 Å². The lowest BCUT2D eigenvalue weighted by Crippen LogP contribution is -2.25. The van der Waals surface area contributed by atoms with E-state index in [2.05, 4.69) is 14.8 Å². The van der Waals surface area contributed by atoms with Crippen LogP contribution in [0.5, 0.6) is 0 Å². The lowest BCUT2D eigenvalue weighted by molar-refractivity contribution is -0.141. The van der Waals surface area contributed by atoms with Gasteiger partial charge in [-0.15, -0.1) is 0 Å². The number of rotatable bonds is 7. The van der Waals surface area contributed by atoms with Crippen molar-refractivity contribution >= 4 is 33.4 Å². The third kappa shape index (κ3) is 4.56. The van der Waals surface area contributed by atoms with Gasteiger partial charge in [-0.25, -0.2) is 8.42 Å². The van der Waals surface area contributed by atoms with Gasteiger partial charge >= 0.3 is 5.97 Å². The van der Waals surface area contributed by atoms with Crippen molar-refractivity contribution < 1.29 is 23.1 Å². The van der Waals surface area contributed by atoms with Crippen LogP contribution in [0.2, 0.25) is 0 Å². The largest absolute Gasteiger partial charge is 0.481 e. The van der Waals surface area contributed by atoms with Crippen molar-refractivity contribution in [1.29, 1.82) is 0 Å². The average Bonchev–Trinajstić information content (AvgIpc) is 3.35. The number of carbonyl (C=O) groups is 2. The molecule has 1 aliphatic heterocycles. The minimum absolute atomic E-state index is 0.00282. The Balaban J connectivity index is 1.45. The number of pyridine rings is 1. The zero-order valence-electron chi connectivity index (χ0n) is 16.2. The van der Waals surface area contributed by atoms with Crippen LogP contribution < -0.4 is 9.62 Å². The maximum absolute atomic E-state index is 12.7. The highest BCUT2D eigenvalue weighted by molar-refractivity contribution is 7.92. The van der Waals surface area contributed by atoms with Gasteiger partial charge in [0.25, 0.3) is 10.0 Å². The topological polar surface area (TPSA) is 134 Å². The first-order valence-electron chi connectivity index (χ1n) is 9.41. The number of carboxylic acid groups (broad SMARTS) is 1. The number of nitrogens with one attached hydrogen (secondary N) is 1. The van der Waals surface area contributed by atoms with Crippen LogP contribution in [0, 0.1) is 5.92 Å². The fourth-order valence-electron chi connectivity index (χ4n) is 3.29. The third-order valence-electron chi connectivity index (χ3n) is 4.86. The highest BCUT2D eigenvalue weighted by Crippen LogP contribution is 2.26. The monoisotopic (exact) mass is 441 g/mol. The Morgan fingerprint density at radius 2 is 1.94 bits per heavy atom. The smallest absolute Gasteiger partial charge is 0.308 e. The minimum atomic E-state index is -3.89. The van der Waals surface area contributed by atoms with Gasteiger partial charge in [0.05, 0.1) is 23.1 Å². The molecule has 10 nitrogen and oxygen atoms in total. The first-order valence-corrected chi connectivity index (χ1v) is 10.9. The molecule has 0 aliphatic carbocycles. The second-order valence-corrected chi connectivity index (χ2v) is 8.75. The molecule has 1 atom stereocenters. The quantitative estimate of drug-likeness (QED) is 0.568. The van der Waals surface area contributed by atoms with Crippen molar-refractivity contribution in [3.05, 3.63) is 66.6 Å². The van der Waals surface area contributed by atoms with Crippen LogP contribution in [0.15, 0.2) is 65.8 Å². The van der Waals surface area contributed by atoms with E-state index in [4.69, 9.17) is 5.11 Å². The maximum atomic E-state index is 12.7. The van der Waals surface area contributed by atoms with Gasteiger partial charge in [0.1, 0.15) is 0 Å². The van der Waals surface area contributed by atoms with Crippen LogP contribution in [-0.4, -0.2) is 46.7 Å². The van der Waals surface area contributed by atoms with E-state index >= 15 is 0 Å². The summed E-state index contributed by atoms with van der Waals surface area (Å²) < 4.78 is 29.3. The molecule has 2 N–H and O–H groups in total. The summed E-state index contributed by atoms with van der Waals surface area (Å²) in [4.78, 5) is 28.7. The first-order chi connectivity index (χ1) is 14.8. The molecule has 1 saturated heterocycles. The van der Waals surface area contributed by atoms with Gasteiger partial charge in [0.2, 0.25) is 5.91 Å². The molecule has 1 amide bonds. The average molecular weight is 441 g/mol. The maximum Gasteiger partial charge on any atom is 0.308 e. The molecule has 4 rings (SSSR count). The molecule has 0 bridgehead atoms. The zero-order valence-corrected chi connectivity index (χ0v) is 17.1. The van der Waals surface area contributed by atoms with Crippen LogP contribution in [-0.2, 0) is 26.2 Å². The zero-order chi connectivity index (χ0) is 22.0. The second-order valence-electron chi connectivity index (χ2n) is 7.06. The van der Waals surface area contributed by atoms with E-state index in [-0.39, 0.29) is 29.6 Å². The number of carboxylic acids is 1. The number of nitrogens with zero attached hydrogens (tertiary/aromatic N) is 4. The lowest BCUT2D eigenvalue weighted by Gasteiger charge is -2.16. The minimum Gasteiger partial charge on any atom is -0.481 e. The van der Waals surface area contributed by atoms with E-state index in [1.165, 1.54) is 29.2 Å². The molecule has 1 fully saturated rings. The summed E-state index contributed by atoms with van der Waals surface area (Å²) in [5.41, 5.74) is 1.24. The molecular formula is C20H19N5O5S. The molecule has 160 valence electrons. The van der Waals surface area contributed by atoms with Gasteiger partial charge in [0, 0.05) is 37.1 Å². The predicted molar refractivity (Wildman–Crippen MR) is 111 cm³/mol. The predicted octanol–water partition coefficient (Wildman–Crippen LogP) is 1.56. The number of hydrogen-bond donors (Lipinski definition) is 2. The van der Waals surface area contributed by atoms with Crippen molar-refractivity contribution in [2.75, 3.05) is 16.2 Å². The normalized spacial score (nSPS) is 16.5. The van der Waals surface area contributed by atoms with Gasteiger partial charge in [-0.3, -0.25) is 24.0 Å². The molecule has 3 aromatic rings. The van der Waals surface area contributed by atoms with Crippen molar-refractivity contribution in [3.63, 3.8) is 0 Å². The molecule has 2 aromatic heterocycles. The van der Waals surface area contributed by atoms with Gasteiger partial charge < -0.3 is 10.0 Å². The van der Waals surface area contributed by atoms with Crippen LogP contribution >= 0.6 is 0 Å². The van der Waals surface area contributed by atoms with Gasteiger partial charge in [-0.1, -0.05) is 6.07 Å². The summed E-state index contributed by atoms with van der Waals surface area (Å²) in [6.45, 7) is 0.463. The number of anilines is 2. The molecule has 31 heavy (non-hydrogen) atoms. The Morgan fingerprint density at radius 1 is 1.16 bits per heavy atom.